The summed E-state index contributed by atoms with van der Waals surface area (Å²) in [6, 6.07) is 9.67. The molecule has 0 saturated heterocycles. The molecule has 1 N–H and O–H groups in total. The molecule has 0 aromatic heterocycles. The summed E-state index contributed by atoms with van der Waals surface area (Å²) in [4.78, 5) is 22.3. The van der Waals surface area contributed by atoms with Crippen molar-refractivity contribution in [1.82, 2.24) is 0 Å². The Balaban J connectivity index is 2.12. The molecule has 112 valence electrons. The van der Waals surface area contributed by atoms with Crippen LogP contribution in [0.15, 0.2) is 42.5 Å². The zero-order valence-electron chi connectivity index (χ0n) is 11.9. The predicted octanol–water partition coefficient (Wildman–Crippen LogP) is 3.49. The van der Waals surface area contributed by atoms with Crippen molar-refractivity contribution in [3.05, 3.63) is 48.0 Å². The van der Waals surface area contributed by atoms with Crippen molar-refractivity contribution in [2.75, 3.05) is 0 Å². The van der Waals surface area contributed by atoms with E-state index >= 15 is 0 Å². The fourth-order valence-corrected chi connectivity index (χ4v) is 2.82. The summed E-state index contributed by atoms with van der Waals surface area (Å²) in [5, 5.41) is 8.57. The van der Waals surface area contributed by atoms with Crippen LogP contribution in [0.3, 0.4) is 0 Å². The highest BCUT2D eigenvalue weighted by atomic mass is 16.5. The Morgan fingerprint density at radius 3 is 2.38 bits per heavy atom. The molecule has 0 heterocycles. The highest BCUT2D eigenvalue weighted by molar-refractivity contribution is 5.90. The summed E-state index contributed by atoms with van der Waals surface area (Å²) in [7, 11) is 0. The van der Waals surface area contributed by atoms with Gasteiger partial charge in [0.05, 0.1) is 0 Å². The fourth-order valence-electron chi connectivity index (χ4n) is 2.82. The molecule has 4 heteroatoms. The lowest BCUT2D eigenvalue weighted by Gasteiger charge is -2.30. The van der Waals surface area contributed by atoms with E-state index < -0.39 is 11.9 Å². The molecular weight excluding hydrogens is 268 g/mol. The number of carboxylic acids is 1. The summed E-state index contributed by atoms with van der Waals surface area (Å²) >= 11 is 0. The summed E-state index contributed by atoms with van der Waals surface area (Å²) in [6.07, 6.45) is 7.09. The number of hydrogen-bond donors (Lipinski definition) is 1. The number of aliphatic carboxylic acids is 1. The number of benzene rings is 1. The first kappa shape index (κ1) is 15.3. The van der Waals surface area contributed by atoms with Crippen LogP contribution in [0.5, 0.6) is 0 Å². The number of esters is 1. The van der Waals surface area contributed by atoms with Gasteiger partial charge in [-0.25, -0.2) is 9.59 Å². The zero-order chi connectivity index (χ0) is 15.1. The van der Waals surface area contributed by atoms with Crippen LogP contribution >= 0.6 is 0 Å². The van der Waals surface area contributed by atoms with Crippen LogP contribution in [-0.2, 0) is 14.3 Å². The predicted molar refractivity (Wildman–Crippen MR) is 78.6 cm³/mol. The van der Waals surface area contributed by atoms with Gasteiger partial charge in [0.1, 0.15) is 6.10 Å². The maximum Gasteiger partial charge on any atom is 0.331 e. The Morgan fingerprint density at radius 1 is 1.10 bits per heavy atom. The minimum Gasteiger partial charge on any atom is -0.478 e. The van der Waals surface area contributed by atoms with E-state index in [2.05, 4.69) is 0 Å². The van der Waals surface area contributed by atoms with Crippen LogP contribution in [0.25, 0.3) is 0 Å². The lowest BCUT2D eigenvalue weighted by atomic mass is 9.82. The molecule has 1 saturated carbocycles. The molecule has 1 aliphatic carbocycles. The normalized spacial score (nSPS) is 17.5. The summed E-state index contributed by atoms with van der Waals surface area (Å²) in [5.41, 5.74) is 0.974. The van der Waals surface area contributed by atoms with Gasteiger partial charge in [-0.05, 0) is 18.4 Å². The van der Waals surface area contributed by atoms with E-state index in [0.29, 0.717) is 5.92 Å². The van der Waals surface area contributed by atoms with Crippen LogP contribution in [0.4, 0.5) is 0 Å². The second-order valence-electron chi connectivity index (χ2n) is 5.34. The maximum atomic E-state index is 11.8. The molecule has 0 bridgehead atoms. The third-order valence-electron chi connectivity index (χ3n) is 3.81. The topological polar surface area (TPSA) is 63.6 Å². The molecule has 1 aliphatic rings. The Bertz CT molecular complexity index is 501. The van der Waals surface area contributed by atoms with E-state index in [1.54, 1.807) is 0 Å². The zero-order valence-corrected chi connectivity index (χ0v) is 11.9. The van der Waals surface area contributed by atoms with E-state index in [4.69, 9.17) is 9.84 Å². The molecule has 0 aliphatic heterocycles. The first-order valence-corrected chi connectivity index (χ1v) is 7.33. The van der Waals surface area contributed by atoms with Crippen molar-refractivity contribution in [1.29, 1.82) is 0 Å². The van der Waals surface area contributed by atoms with Gasteiger partial charge < -0.3 is 9.84 Å². The van der Waals surface area contributed by atoms with Gasteiger partial charge in [0.2, 0.25) is 0 Å². The van der Waals surface area contributed by atoms with E-state index in [0.717, 1.165) is 43.4 Å². The van der Waals surface area contributed by atoms with E-state index in [-0.39, 0.29) is 6.10 Å². The van der Waals surface area contributed by atoms with Gasteiger partial charge in [0, 0.05) is 18.1 Å². The van der Waals surface area contributed by atoms with Gasteiger partial charge in [0.25, 0.3) is 0 Å². The largest absolute Gasteiger partial charge is 0.478 e. The number of ether oxygens (including phenoxy) is 1. The Kier molecular flexibility index (Phi) is 5.55. The second kappa shape index (κ2) is 7.62. The fraction of sp³-hybridized carbons (Fsp3) is 0.412. The monoisotopic (exact) mass is 288 g/mol. The Labute approximate surface area is 124 Å². The van der Waals surface area contributed by atoms with Crippen molar-refractivity contribution in [2.45, 2.75) is 38.2 Å². The van der Waals surface area contributed by atoms with Crippen molar-refractivity contribution in [2.24, 2.45) is 5.92 Å². The van der Waals surface area contributed by atoms with Gasteiger partial charge in [-0.3, -0.25) is 0 Å². The first-order chi connectivity index (χ1) is 10.2. The number of carbonyl (C=O) groups is 2. The van der Waals surface area contributed by atoms with Crippen molar-refractivity contribution < 1.29 is 19.4 Å². The van der Waals surface area contributed by atoms with Gasteiger partial charge in [-0.1, -0.05) is 49.6 Å². The van der Waals surface area contributed by atoms with Gasteiger partial charge >= 0.3 is 11.9 Å². The molecule has 1 aromatic carbocycles. The van der Waals surface area contributed by atoms with Gasteiger partial charge in [0.15, 0.2) is 0 Å². The standard InChI is InChI=1S/C17H20O4/c18-15(19)11-12-16(20)21-17(13-7-3-1-4-8-13)14-9-5-2-6-10-14/h1,3-4,7-8,11-12,14,17H,2,5-6,9-10H2,(H,18,19)/b12-11+. The SMILES string of the molecule is O=C(O)/C=C/C(=O)OC(c1ccccc1)C1CCCCC1. The van der Waals surface area contributed by atoms with E-state index in [1.165, 1.54) is 6.42 Å². The molecule has 0 spiro atoms. The van der Waals surface area contributed by atoms with Crippen molar-refractivity contribution >= 4 is 11.9 Å². The Morgan fingerprint density at radius 2 is 1.76 bits per heavy atom. The van der Waals surface area contributed by atoms with Crippen LogP contribution in [0.2, 0.25) is 0 Å². The first-order valence-electron chi connectivity index (χ1n) is 7.33. The molecule has 4 nitrogen and oxygen atoms in total. The van der Waals surface area contributed by atoms with Crippen LogP contribution in [-0.4, -0.2) is 17.0 Å². The molecule has 1 aromatic rings. The number of rotatable bonds is 5. The van der Waals surface area contributed by atoms with Crippen molar-refractivity contribution in [3.8, 4) is 0 Å². The molecule has 1 fully saturated rings. The van der Waals surface area contributed by atoms with E-state index in [9.17, 15) is 9.59 Å². The summed E-state index contributed by atoms with van der Waals surface area (Å²) in [6.45, 7) is 0. The quantitative estimate of drug-likeness (QED) is 0.665. The molecule has 1 atom stereocenters. The van der Waals surface area contributed by atoms with Gasteiger partial charge in [-0.2, -0.15) is 0 Å². The lowest BCUT2D eigenvalue weighted by molar-refractivity contribution is -0.147. The molecule has 0 radical (unpaired) electrons. The number of carbonyl (C=O) groups excluding carboxylic acids is 1. The van der Waals surface area contributed by atoms with Crippen LogP contribution in [0, 0.1) is 5.92 Å². The number of carboxylic acid groups (broad SMARTS) is 1. The smallest absolute Gasteiger partial charge is 0.331 e. The highest BCUT2D eigenvalue weighted by Crippen LogP contribution is 2.36. The minimum atomic E-state index is -1.15. The molecule has 21 heavy (non-hydrogen) atoms. The average Bonchev–Trinajstić information content (AvgIpc) is 2.52. The summed E-state index contributed by atoms with van der Waals surface area (Å²) in [5.74, 6) is -1.44. The van der Waals surface area contributed by atoms with Crippen LogP contribution < -0.4 is 0 Å². The minimum absolute atomic E-state index is 0.294. The maximum absolute atomic E-state index is 11.8. The van der Waals surface area contributed by atoms with Crippen LogP contribution in [0.1, 0.15) is 43.8 Å². The summed E-state index contributed by atoms with van der Waals surface area (Å²) < 4.78 is 5.54. The second-order valence-corrected chi connectivity index (χ2v) is 5.34. The Hall–Kier alpha value is -2.10. The van der Waals surface area contributed by atoms with Crippen molar-refractivity contribution in [3.63, 3.8) is 0 Å². The highest BCUT2D eigenvalue weighted by Gasteiger charge is 2.27. The lowest BCUT2D eigenvalue weighted by Crippen LogP contribution is -2.21. The molecule has 0 amide bonds. The van der Waals surface area contributed by atoms with E-state index in [1.807, 2.05) is 30.3 Å². The third-order valence-corrected chi connectivity index (χ3v) is 3.81. The number of hydrogen-bond acceptors (Lipinski definition) is 3. The van der Waals surface area contributed by atoms with Gasteiger partial charge in [-0.15, -0.1) is 0 Å². The molecule has 1 unspecified atom stereocenters. The molecule has 2 rings (SSSR count). The molecular formula is C17H20O4. The third kappa shape index (κ3) is 4.74. The average molecular weight is 288 g/mol.